The van der Waals surface area contributed by atoms with Crippen molar-refractivity contribution >= 4 is 11.9 Å². The highest BCUT2D eigenvalue weighted by atomic mass is 16.5. The number of nitrogens with one attached hydrogen (secondary N) is 2. The SMILES string of the molecule is Cc1ccc(OCCC(=O)Nc2ncn[nH]2)cc1C. The summed E-state index contributed by atoms with van der Waals surface area (Å²) >= 11 is 0. The molecule has 0 aliphatic heterocycles. The van der Waals surface area contributed by atoms with Crippen LogP contribution in [0.15, 0.2) is 24.5 Å². The number of H-pyrrole nitrogens is 1. The van der Waals surface area contributed by atoms with Gasteiger partial charge < -0.3 is 4.74 Å². The molecule has 0 aliphatic rings. The number of amides is 1. The Labute approximate surface area is 111 Å². The molecule has 1 aromatic carbocycles. The Morgan fingerprint density at radius 2 is 2.21 bits per heavy atom. The number of rotatable bonds is 5. The molecule has 0 aliphatic carbocycles. The van der Waals surface area contributed by atoms with Crippen LogP contribution in [0.2, 0.25) is 0 Å². The molecule has 2 aromatic rings. The maximum atomic E-state index is 11.5. The molecule has 0 bridgehead atoms. The topological polar surface area (TPSA) is 79.9 Å². The third kappa shape index (κ3) is 3.80. The van der Waals surface area contributed by atoms with Gasteiger partial charge in [-0.1, -0.05) is 6.07 Å². The molecule has 2 N–H and O–H groups in total. The van der Waals surface area contributed by atoms with Gasteiger partial charge in [-0.05, 0) is 37.1 Å². The summed E-state index contributed by atoms with van der Waals surface area (Å²) in [5.41, 5.74) is 2.39. The van der Waals surface area contributed by atoms with Gasteiger partial charge in [0.1, 0.15) is 12.1 Å². The quantitative estimate of drug-likeness (QED) is 0.859. The maximum Gasteiger partial charge on any atom is 0.230 e. The molecular weight excluding hydrogens is 244 g/mol. The van der Waals surface area contributed by atoms with Crippen LogP contribution in [0.5, 0.6) is 5.75 Å². The summed E-state index contributed by atoms with van der Waals surface area (Å²) in [5, 5.41) is 8.78. The van der Waals surface area contributed by atoms with Crippen LogP contribution < -0.4 is 10.1 Å². The van der Waals surface area contributed by atoms with E-state index in [9.17, 15) is 4.79 Å². The normalized spacial score (nSPS) is 10.2. The van der Waals surface area contributed by atoms with E-state index in [1.165, 1.54) is 17.5 Å². The van der Waals surface area contributed by atoms with E-state index in [0.29, 0.717) is 12.6 Å². The Bertz CT molecular complexity index is 552. The molecule has 0 unspecified atom stereocenters. The lowest BCUT2D eigenvalue weighted by Crippen LogP contribution is -2.16. The number of carbonyl (C=O) groups excluding carboxylic acids is 1. The van der Waals surface area contributed by atoms with E-state index in [1.807, 2.05) is 32.0 Å². The second-order valence-corrected chi connectivity index (χ2v) is 4.23. The van der Waals surface area contributed by atoms with Crippen molar-refractivity contribution in [1.29, 1.82) is 0 Å². The minimum atomic E-state index is -0.166. The van der Waals surface area contributed by atoms with Gasteiger partial charge in [-0.15, -0.1) is 0 Å². The third-order valence-corrected chi connectivity index (χ3v) is 2.75. The van der Waals surface area contributed by atoms with Gasteiger partial charge in [0.25, 0.3) is 0 Å². The molecule has 0 fully saturated rings. The first-order chi connectivity index (χ1) is 9.15. The average Bonchev–Trinajstić information content (AvgIpc) is 2.86. The van der Waals surface area contributed by atoms with Crippen molar-refractivity contribution < 1.29 is 9.53 Å². The van der Waals surface area contributed by atoms with Crippen molar-refractivity contribution in [2.24, 2.45) is 0 Å². The molecule has 19 heavy (non-hydrogen) atoms. The van der Waals surface area contributed by atoms with Crippen LogP contribution in [-0.4, -0.2) is 27.7 Å². The number of anilines is 1. The maximum absolute atomic E-state index is 11.5. The van der Waals surface area contributed by atoms with Gasteiger partial charge in [0.15, 0.2) is 0 Å². The zero-order valence-corrected chi connectivity index (χ0v) is 10.9. The zero-order valence-electron chi connectivity index (χ0n) is 10.9. The highest BCUT2D eigenvalue weighted by molar-refractivity contribution is 5.88. The summed E-state index contributed by atoms with van der Waals surface area (Å²) < 4.78 is 5.52. The molecular formula is C13H16N4O2. The van der Waals surface area contributed by atoms with Crippen LogP contribution in [0, 0.1) is 13.8 Å². The summed E-state index contributed by atoms with van der Waals surface area (Å²) in [6.45, 7) is 4.39. The summed E-state index contributed by atoms with van der Waals surface area (Å²) in [7, 11) is 0. The Kier molecular flexibility index (Phi) is 4.12. The van der Waals surface area contributed by atoms with Gasteiger partial charge in [0.05, 0.1) is 13.0 Å². The fraction of sp³-hybridized carbons (Fsp3) is 0.308. The number of aromatic amines is 1. The molecule has 1 heterocycles. The van der Waals surface area contributed by atoms with Gasteiger partial charge in [0, 0.05) is 0 Å². The fourth-order valence-electron chi connectivity index (χ4n) is 1.53. The highest BCUT2D eigenvalue weighted by Gasteiger charge is 2.05. The summed E-state index contributed by atoms with van der Waals surface area (Å²) in [5.74, 6) is 0.951. The van der Waals surface area contributed by atoms with Crippen molar-refractivity contribution in [2.75, 3.05) is 11.9 Å². The lowest BCUT2D eigenvalue weighted by molar-refractivity contribution is -0.116. The Hall–Kier alpha value is -2.37. The van der Waals surface area contributed by atoms with Gasteiger partial charge >= 0.3 is 0 Å². The Balaban J connectivity index is 1.76. The first kappa shape index (κ1) is 13.1. The first-order valence-corrected chi connectivity index (χ1v) is 6.00. The molecule has 0 radical (unpaired) electrons. The third-order valence-electron chi connectivity index (χ3n) is 2.75. The number of benzene rings is 1. The van der Waals surface area contributed by atoms with Crippen LogP contribution in [0.3, 0.4) is 0 Å². The number of carbonyl (C=O) groups is 1. The molecule has 100 valence electrons. The number of hydrogen-bond donors (Lipinski definition) is 2. The molecule has 1 aromatic heterocycles. The smallest absolute Gasteiger partial charge is 0.230 e. The molecule has 2 rings (SSSR count). The summed E-state index contributed by atoms with van der Waals surface area (Å²) in [6, 6.07) is 5.86. The summed E-state index contributed by atoms with van der Waals surface area (Å²) in [6.07, 6.45) is 1.59. The van der Waals surface area contributed by atoms with Crippen molar-refractivity contribution in [3.05, 3.63) is 35.7 Å². The number of hydrogen-bond acceptors (Lipinski definition) is 4. The molecule has 0 spiro atoms. The zero-order chi connectivity index (χ0) is 13.7. The van der Waals surface area contributed by atoms with Crippen LogP contribution in [0.4, 0.5) is 5.95 Å². The van der Waals surface area contributed by atoms with Crippen LogP contribution in [-0.2, 0) is 4.79 Å². The number of aromatic nitrogens is 3. The number of ether oxygens (including phenoxy) is 1. The van der Waals surface area contributed by atoms with E-state index in [0.717, 1.165) is 5.75 Å². The van der Waals surface area contributed by atoms with Crippen molar-refractivity contribution in [2.45, 2.75) is 20.3 Å². The monoisotopic (exact) mass is 260 g/mol. The largest absolute Gasteiger partial charge is 0.493 e. The van der Waals surface area contributed by atoms with E-state index in [2.05, 4.69) is 20.5 Å². The van der Waals surface area contributed by atoms with Gasteiger partial charge in [-0.25, -0.2) is 5.10 Å². The van der Waals surface area contributed by atoms with E-state index in [4.69, 9.17) is 4.74 Å². The standard InChI is InChI=1S/C13H16N4O2/c1-9-3-4-11(7-10(9)2)19-6-5-12(18)16-13-14-8-15-17-13/h3-4,7-8H,5-6H2,1-2H3,(H2,14,15,16,17,18). The Morgan fingerprint density at radius 3 is 2.89 bits per heavy atom. The van der Waals surface area contributed by atoms with Gasteiger partial charge in [-0.3, -0.25) is 10.1 Å². The van der Waals surface area contributed by atoms with Crippen LogP contribution in [0.1, 0.15) is 17.5 Å². The predicted octanol–water partition coefficient (Wildman–Crippen LogP) is 1.83. The Morgan fingerprint density at radius 1 is 1.37 bits per heavy atom. The summed E-state index contributed by atoms with van der Waals surface area (Å²) in [4.78, 5) is 15.3. The second kappa shape index (κ2) is 5.99. The fourth-order valence-corrected chi connectivity index (χ4v) is 1.53. The number of aryl methyl sites for hydroxylation is 2. The minimum Gasteiger partial charge on any atom is -0.493 e. The van der Waals surface area contributed by atoms with Crippen LogP contribution in [0.25, 0.3) is 0 Å². The van der Waals surface area contributed by atoms with Gasteiger partial charge in [0.2, 0.25) is 11.9 Å². The minimum absolute atomic E-state index is 0.166. The highest BCUT2D eigenvalue weighted by Crippen LogP contribution is 2.16. The lowest BCUT2D eigenvalue weighted by atomic mass is 10.1. The van der Waals surface area contributed by atoms with Gasteiger partial charge in [-0.2, -0.15) is 10.1 Å². The molecule has 6 heteroatoms. The molecule has 6 nitrogen and oxygen atoms in total. The molecule has 0 saturated carbocycles. The van der Waals surface area contributed by atoms with E-state index in [-0.39, 0.29) is 12.3 Å². The van der Waals surface area contributed by atoms with Crippen LogP contribution >= 0.6 is 0 Å². The molecule has 1 amide bonds. The second-order valence-electron chi connectivity index (χ2n) is 4.23. The van der Waals surface area contributed by atoms with E-state index in [1.54, 1.807) is 0 Å². The predicted molar refractivity (Wildman–Crippen MR) is 71.0 cm³/mol. The lowest BCUT2D eigenvalue weighted by Gasteiger charge is -2.08. The van der Waals surface area contributed by atoms with Crippen molar-refractivity contribution in [1.82, 2.24) is 15.2 Å². The van der Waals surface area contributed by atoms with Crippen molar-refractivity contribution in [3.63, 3.8) is 0 Å². The first-order valence-electron chi connectivity index (χ1n) is 6.00. The molecule has 0 atom stereocenters. The average molecular weight is 260 g/mol. The van der Waals surface area contributed by atoms with E-state index >= 15 is 0 Å². The van der Waals surface area contributed by atoms with E-state index < -0.39 is 0 Å². The molecule has 0 saturated heterocycles. The number of nitrogens with zero attached hydrogens (tertiary/aromatic N) is 2. The van der Waals surface area contributed by atoms with Crippen molar-refractivity contribution in [3.8, 4) is 5.75 Å².